The van der Waals surface area contributed by atoms with Crippen LogP contribution >= 0.6 is 0 Å². The first-order valence-electron chi connectivity index (χ1n) is 11.1. The van der Waals surface area contributed by atoms with Gasteiger partial charge in [-0.15, -0.1) is 0 Å². The zero-order valence-electron chi connectivity index (χ0n) is 17.3. The third-order valence-corrected chi connectivity index (χ3v) is 8.88. The molecular formula is C23H37NO3. The molecule has 4 rings (SSSR count). The van der Waals surface area contributed by atoms with E-state index in [0.717, 1.165) is 37.0 Å². The fraction of sp³-hybridized carbons (Fsp3) is 0.870. The standard InChI is InChI=1S/C23H37NO3/c1-4-27-21(26)14-24-20-8-7-18-17-6-5-15-13-16(25)9-11-22(15,2)19(17)10-12-23(18,20)3/h5,16-20,24-25H,4,6-14H2,1-3H3/t16-,17?,18?,19?,20-,22-,23-/m0/s1. The number of rotatable bonds is 4. The summed E-state index contributed by atoms with van der Waals surface area (Å²) in [5, 5.41) is 13.7. The maximum atomic E-state index is 11.8. The van der Waals surface area contributed by atoms with Crippen LogP contribution in [0.25, 0.3) is 0 Å². The van der Waals surface area contributed by atoms with Crippen LogP contribution in [0.4, 0.5) is 0 Å². The van der Waals surface area contributed by atoms with Crippen molar-refractivity contribution in [1.29, 1.82) is 0 Å². The number of carbonyl (C=O) groups excluding carboxylic acids is 1. The molecule has 2 N–H and O–H groups in total. The van der Waals surface area contributed by atoms with Gasteiger partial charge in [-0.05, 0) is 86.9 Å². The zero-order chi connectivity index (χ0) is 19.2. The van der Waals surface area contributed by atoms with Crippen LogP contribution in [0.3, 0.4) is 0 Å². The molecule has 0 aliphatic heterocycles. The molecule has 3 unspecified atom stereocenters. The van der Waals surface area contributed by atoms with Crippen molar-refractivity contribution < 1.29 is 14.6 Å². The molecule has 0 aromatic carbocycles. The molecule has 0 bridgehead atoms. The second-order valence-electron chi connectivity index (χ2n) is 10.0. The first kappa shape index (κ1) is 19.4. The minimum atomic E-state index is -0.128. The first-order valence-corrected chi connectivity index (χ1v) is 11.1. The highest BCUT2D eigenvalue weighted by atomic mass is 16.5. The summed E-state index contributed by atoms with van der Waals surface area (Å²) in [5.74, 6) is 2.16. The monoisotopic (exact) mass is 375 g/mol. The van der Waals surface area contributed by atoms with Crippen LogP contribution in [0.15, 0.2) is 11.6 Å². The Labute approximate surface area is 164 Å². The van der Waals surface area contributed by atoms with Crippen molar-refractivity contribution in [3.05, 3.63) is 11.6 Å². The molecule has 0 aromatic rings. The summed E-state index contributed by atoms with van der Waals surface area (Å²) < 4.78 is 5.11. The third kappa shape index (κ3) is 3.17. The Kier molecular flexibility index (Phi) is 5.17. The molecule has 0 aromatic heterocycles. The van der Waals surface area contributed by atoms with Gasteiger partial charge in [0.2, 0.25) is 0 Å². The van der Waals surface area contributed by atoms with Gasteiger partial charge in [-0.25, -0.2) is 0 Å². The van der Waals surface area contributed by atoms with Gasteiger partial charge in [0.25, 0.3) is 0 Å². The lowest BCUT2D eigenvalue weighted by Crippen LogP contribution is -2.53. The van der Waals surface area contributed by atoms with Crippen molar-refractivity contribution in [3.63, 3.8) is 0 Å². The van der Waals surface area contributed by atoms with Gasteiger partial charge in [0.1, 0.15) is 0 Å². The lowest BCUT2D eigenvalue weighted by atomic mass is 9.48. The Morgan fingerprint density at radius 3 is 2.81 bits per heavy atom. The fourth-order valence-corrected chi connectivity index (χ4v) is 7.40. The highest BCUT2D eigenvalue weighted by molar-refractivity contribution is 5.71. The molecule has 4 aliphatic carbocycles. The molecule has 4 heteroatoms. The van der Waals surface area contributed by atoms with E-state index >= 15 is 0 Å². The smallest absolute Gasteiger partial charge is 0.319 e. The second-order valence-corrected chi connectivity index (χ2v) is 10.0. The van der Waals surface area contributed by atoms with Gasteiger partial charge in [-0.1, -0.05) is 25.5 Å². The quantitative estimate of drug-likeness (QED) is 0.579. The van der Waals surface area contributed by atoms with Gasteiger partial charge >= 0.3 is 5.97 Å². The molecule has 0 radical (unpaired) electrons. The number of hydrogen-bond acceptors (Lipinski definition) is 4. The van der Waals surface area contributed by atoms with Crippen molar-refractivity contribution in [1.82, 2.24) is 5.32 Å². The molecule has 0 amide bonds. The zero-order valence-corrected chi connectivity index (χ0v) is 17.3. The number of esters is 1. The predicted molar refractivity (Wildman–Crippen MR) is 106 cm³/mol. The number of nitrogens with one attached hydrogen (secondary N) is 1. The number of allylic oxidation sites excluding steroid dienone is 1. The van der Waals surface area contributed by atoms with Crippen molar-refractivity contribution in [2.75, 3.05) is 13.2 Å². The summed E-state index contributed by atoms with van der Waals surface area (Å²) in [6.45, 7) is 7.61. The predicted octanol–water partition coefficient (Wildman–Crippen LogP) is 3.83. The SMILES string of the molecule is CCOC(=O)CN[C@H]1CCC2C3CC=C4C[C@@H](O)CC[C@]4(C)C3CC[C@@]21C. The van der Waals surface area contributed by atoms with Gasteiger partial charge < -0.3 is 15.2 Å². The van der Waals surface area contributed by atoms with Crippen LogP contribution < -0.4 is 5.32 Å². The van der Waals surface area contributed by atoms with E-state index in [9.17, 15) is 9.90 Å². The van der Waals surface area contributed by atoms with E-state index < -0.39 is 0 Å². The largest absolute Gasteiger partial charge is 0.465 e. The summed E-state index contributed by atoms with van der Waals surface area (Å²) in [7, 11) is 0. The molecule has 4 aliphatic rings. The van der Waals surface area contributed by atoms with E-state index in [2.05, 4.69) is 25.2 Å². The van der Waals surface area contributed by atoms with Gasteiger partial charge in [-0.2, -0.15) is 0 Å². The van der Waals surface area contributed by atoms with Crippen molar-refractivity contribution in [3.8, 4) is 0 Å². The normalized spacial score (nSPS) is 46.1. The Balaban J connectivity index is 1.49. The summed E-state index contributed by atoms with van der Waals surface area (Å²) in [6.07, 6.45) is 11.6. The van der Waals surface area contributed by atoms with Crippen LogP contribution in [0.1, 0.15) is 72.1 Å². The van der Waals surface area contributed by atoms with Crippen LogP contribution in [0.2, 0.25) is 0 Å². The molecule has 0 heterocycles. The van der Waals surface area contributed by atoms with Gasteiger partial charge in [-0.3, -0.25) is 4.79 Å². The summed E-state index contributed by atoms with van der Waals surface area (Å²) in [5.41, 5.74) is 2.14. The Morgan fingerprint density at radius 2 is 2.04 bits per heavy atom. The third-order valence-electron chi connectivity index (χ3n) is 8.88. The van der Waals surface area contributed by atoms with E-state index in [0.29, 0.717) is 30.0 Å². The number of hydrogen-bond donors (Lipinski definition) is 2. The first-order chi connectivity index (χ1) is 12.9. The summed E-state index contributed by atoms with van der Waals surface area (Å²) >= 11 is 0. The number of ether oxygens (including phenoxy) is 1. The van der Waals surface area contributed by atoms with E-state index in [1.54, 1.807) is 5.57 Å². The number of fused-ring (bicyclic) bond motifs is 5. The van der Waals surface area contributed by atoms with Crippen LogP contribution in [-0.4, -0.2) is 36.4 Å². The average Bonchev–Trinajstić information content (AvgIpc) is 2.97. The number of aliphatic hydroxyl groups is 1. The summed E-state index contributed by atoms with van der Waals surface area (Å²) in [6, 6.07) is 0.430. The minimum absolute atomic E-state index is 0.127. The van der Waals surface area contributed by atoms with Crippen molar-refractivity contribution >= 4 is 5.97 Å². The molecule has 7 atom stereocenters. The number of carbonyl (C=O) groups is 1. The fourth-order valence-electron chi connectivity index (χ4n) is 7.40. The average molecular weight is 376 g/mol. The molecule has 3 saturated carbocycles. The molecular weight excluding hydrogens is 338 g/mol. The van der Waals surface area contributed by atoms with E-state index in [4.69, 9.17) is 4.74 Å². The van der Waals surface area contributed by atoms with Crippen LogP contribution in [0.5, 0.6) is 0 Å². The van der Waals surface area contributed by atoms with Crippen LogP contribution in [-0.2, 0) is 9.53 Å². The maximum absolute atomic E-state index is 11.8. The molecule has 4 nitrogen and oxygen atoms in total. The van der Waals surface area contributed by atoms with Crippen molar-refractivity contribution in [2.45, 2.75) is 84.3 Å². The highest BCUT2D eigenvalue weighted by Crippen LogP contribution is 2.64. The Bertz CT molecular complexity index is 617. The van der Waals surface area contributed by atoms with Crippen molar-refractivity contribution in [2.24, 2.45) is 28.6 Å². The minimum Gasteiger partial charge on any atom is -0.465 e. The highest BCUT2D eigenvalue weighted by Gasteiger charge is 2.58. The number of aliphatic hydroxyl groups excluding tert-OH is 1. The molecule has 152 valence electrons. The Morgan fingerprint density at radius 1 is 1.22 bits per heavy atom. The second kappa shape index (κ2) is 7.18. The molecule has 0 spiro atoms. The van der Waals surface area contributed by atoms with Gasteiger partial charge in [0.05, 0.1) is 19.3 Å². The maximum Gasteiger partial charge on any atom is 0.319 e. The van der Waals surface area contributed by atoms with E-state index in [1.807, 2.05) is 6.92 Å². The topological polar surface area (TPSA) is 58.6 Å². The van der Waals surface area contributed by atoms with Gasteiger partial charge in [0.15, 0.2) is 0 Å². The van der Waals surface area contributed by atoms with E-state index in [1.165, 1.54) is 32.1 Å². The van der Waals surface area contributed by atoms with E-state index in [-0.39, 0.29) is 12.1 Å². The van der Waals surface area contributed by atoms with Gasteiger partial charge in [0, 0.05) is 6.04 Å². The molecule has 0 saturated heterocycles. The lowest BCUT2D eigenvalue weighted by molar-refractivity contribution is -0.142. The van der Waals surface area contributed by atoms with Crippen LogP contribution in [0, 0.1) is 28.6 Å². The Hall–Kier alpha value is -0.870. The summed E-state index contributed by atoms with van der Waals surface area (Å²) in [4.78, 5) is 11.8. The molecule has 27 heavy (non-hydrogen) atoms. The lowest BCUT2D eigenvalue weighted by Gasteiger charge is -2.58. The molecule has 3 fully saturated rings.